The van der Waals surface area contributed by atoms with Crippen LogP contribution in [0.1, 0.15) is 46.0 Å². The molecule has 1 heterocycles. The lowest BCUT2D eigenvalue weighted by Crippen LogP contribution is -2.27. The summed E-state index contributed by atoms with van der Waals surface area (Å²) in [5.74, 6) is 0.781. The standard InChI is InChI=1S/C11H20O2/c1-3-4-5-8-11(2,12)10-7-6-9-13-10/h7,12H,3-6,8-9H2,1-2H3. The van der Waals surface area contributed by atoms with Gasteiger partial charge in [-0.15, -0.1) is 0 Å². The molecule has 2 heteroatoms. The summed E-state index contributed by atoms with van der Waals surface area (Å²) < 4.78 is 5.36. The zero-order chi connectivity index (χ0) is 9.73. The van der Waals surface area contributed by atoms with Crippen molar-refractivity contribution in [2.24, 2.45) is 0 Å². The van der Waals surface area contributed by atoms with E-state index in [-0.39, 0.29) is 0 Å². The number of hydrogen-bond acceptors (Lipinski definition) is 2. The van der Waals surface area contributed by atoms with Gasteiger partial charge in [-0.2, -0.15) is 0 Å². The van der Waals surface area contributed by atoms with E-state index in [9.17, 15) is 5.11 Å². The van der Waals surface area contributed by atoms with Crippen molar-refractivity contribution in [2.45, 2.75) is 51.6 Å². The van der Waals surface area contributed by atoms with Crippen molar-refractivity contribution in [3.05, 3.63) is 11.8 Å². The molecule has 0 aromatic carbocycles. The molecule has 0 fully saturated rings. The molecule has 1 aliphatic heterocycles. The Balaban J connectivity index is 2.35. The van der Waals surface area contributed by atoms with Crippen LogP contribution in [0.4, 0.5) is 0 Å². The molecule has 0 radical (unpaired) electrons. The molecule has 13 heavy (non-hydrogen) atoms. The van der Waals surface area contributed by atoms with Crippen LogP contribution in [0.15, 0.2) is 11.8 Å². The molecule has 0 saturated heterocycles. The molecule has 0 aromatic rings. The summed E-state index contributed by atoms with van der Waals surface area (Å²) in [4.78, 5) is 0. The van der Waals surface area contributed by atoms with Gasteiger partial charge < -0.3 is 9.84 Å². The lowest BCUT2D eigenvalue weighted by atomic mass is 9.96. The number of unbranched alkanes of at least 4 members (excludes halogenated alkanes) is 2. The van der Waals surface area contributed by atoms with E-state index in [0.717, 1.165) is 31.6 Å². The highest BCUT2D eigenvalue weighted by Crippen LogP contribution is 2.27. The lowest BCUT2D eigenvalue weighted by molar-refractivity contribution is 0.0258. The average molecular weight is 184 g/mol. The van der Waals surface area contributed by atoms with Crippen molar-refractivity contribution in [1.29, 1.82) is 0 Å². The quantitative estimate of drug-likeness (QED) is 0.665. The molecule has 2 nitrogen and oxygen atoms in total. The van der Waals surface area contributed by atoms with E-state index in [1.54, 1.807) is 0 Å². The Hall–Kier alpha value is -0.500. The molecule has 0 amide bonds. The molecule has 1 N–H and O–H groups in total. The smallest absolute Gasteiger partial charge is 0.123 e. The molecular formula is C11H20O2. The highest BCUT2D eigenvalue weighted by molar-refractivity contribution is 5.11. The van der Waals surface area contributed by atoms with Gasteiger partial charge in [0.15, 0.2) is 0 Å². The highest BCUT2D eigenvalue weighted by Gasteiger charge is 2.28. The highest BCUT2D eigenvalue weighted by atomic mass is 16.5. The van der Waals surface area contributed by atoms with Crippen molar-refractivity contribution >= 4 is 0 Å². The van der Waals surface area contributed by atoms with E-state index in [4.69, 9.17) is 4.74 Å². The Kier molecular flexibility index (Phi) is 3.79. The predicted octanol–water partition coefficient (Wildman–Crippen LogP) is 2.62. The normalized spacial score (nSPS) is 20.7. The van der Waals surface area contributed by atoms with Crippen LogP contribution >= 0.6 is 0 Å². The van der Waals surface area contributed by atoms with Gasteiger partial charge >= 0.3 is 0 Å². The van der Waals surface area contributed by atoms with Crippen molar-refractivity contribution in [3.63, 3.8) is 0 Å². The Morgan fingerprint density at radius 3 is 2.85 bits per heavy atom. The molecule has 1 rings (SSSR count). The fourth-order valence-corrected chi connectivity index (χ4v) is 1.64. The summed E-state index contributed by atoms with van der Waals surface area (Å²) in [6.07, 6.45) is 7.21. The number of ether oxygens (including phenoxy) is 1. The van der Waals surface area contributed by atoms with Gasteiger partial charge in [0.2, 0.25) is 0 Å². The van der Waals surface area contributed by atoms with E-state index in [1.165, 1.54) is 12.8 Å². The second kappa shape index (κ2) is 4.66. The zero-order valence-electron chi connectivity index (χ0n) is 8.68. The van der Waals surface area contributed by atoms with Gasteiger partial charge in [0, 0.05) is 6.42 Å². The Labute approximate surface area is 80.6 Å². The molecule has 0 saturated carbocycles. The average Bonchev–Trinajstić information content (AvgIpc) is 2.56. The summed E-state index contributed by atoms with van der Waals surface area (Å²) in [5, 5.41) is 10.0. The molecule has 76 valence electrons. The minimum atomic E-state index is -0.730. The molecule has 0 bridgehead atoms. The Morgan fingerprint density at radius 1 is 1.54 bits per heavy atom. The summed E-state index contributed by atoms with van der Waals surface area (Å²) in [5.41, 5.74) is -0.730. The van der Waals surface area contributed by atoms with E-state index < -0.39 is 5.60 Å². The Morgan fingerprint density at radius 2 is 2.31 bits per heavy atom. The van der Waals surface area contributed by atoms with Gasteiger partial charge in [-0.1, -0.05) is 26.2 Å². The topological polar surface area (TPSA) is 29.5 Å². The van der Waals surface area contributed by atoms with Crippen molar-refractivity contribution in [2.75, 3.05) is 6.61 Å². The van der Waals surface area contributed by atoms with Crippen LogP contribution in [0.2, 0.25) is 0 Å². The Bertz CT molecular complexity index is 183. The fraction of sp³-hybridized carbons (Fsp3) is 0.818. The maximum atomic E-state index is 10.0. The first-order valence-corrected chi connectivity index (χ1v) is 5.22. The molecule has 1 atom stereocenters. The number of aliphatic hydroxyl groups is 1. The van der Waals surface area contributed by atoms with Gasteiger partial charge in [0.05, 0.1) is 6.61 Å². The maximum Gasteiger partial charge on any atom is 0.123 e. The fourth-order valence-electron chi connectivity index (χ4n) is 1.64. The lowest BCUT2D eigenvalue weighted by Gasteiger charge is -2.24. The summed E-state index contributed by atoms with van der Waals surface area (Å²) >= 11 is 0. The van der Waals surface area contributed by atoms with Crippen LogP contribution < -0.4 is 0 Å². The third-order valence-corrected chi connectivity index (χ3v) is 2.50. The van der Waals surface area contributed by atoms with Crippen molar-refractivity contribution < 1.29 is 9.84 Å². The number of hydrogen-bond donors (Lipinski definition) is 1. The third kappa shape index (κ3) is 3.03. The number of rotatable bonds is 5. The van der Waals surface area contributed by atoms with Gasteiger partial charge in [-0.3, -0.25) is 0 Å². The predicted molar refractivity (Wildman–Crippen MR) is 53.4 cm³/mol. The SMILES string of the molecule is CCCCCC(C)(O)C1=CCCO1. The van der Waals surface area contributed by atoms with Gasteiger partial charge in [0.25, 0.3) is 0 Å². The molecular weight excluding hydrogens is 164 g/mol. The first-order valence-electron chi connectivity index (χ1n) is 5.22. The first-order chi connectivity index (χ1) is 6.17. The summed E-state index contributed by atoms with van der Waals surface area (Å²) in [7, 11) is 0. The van der Waals surface area contributed by atoms with E-state index in [1.807, 2.05) is 13.0 Å². The minimum Gasteiger partial charge on any atom is -0.495 e. The maximum absolute atomic E-state index is 10.0. The van der Waals surface area contributed by atoms with Crippen LogP contribution in [-0.2, 0) is 4.74 Å². The van der Waals surface area contributed by atoms with Crippen LogP contribution in [0.25, 0.3) is 0 Å². The van der Waals surface area contributed by atoms with Crippen LogP contribution in [-0.4, -0.2) is 17.3 Å². The van der Waals surface area contributed by atoms with Crippen molar-refractivity contribution in [3.8, 4) is 0 Å². The largest absolute Gasteiger partial charge is 0.495 e. The van der Waals surface area contributed by atoms with E-state index in [2.05, 4.69) is 6.92 Å². The monoisotopic (exact) mass is 184 g/mol. The van der Waals surface area contributed by atoms with E-state index in [0.29, 0.717) is 0 Å². The second-order valence-electron chi connectivity index (χ2n) is 3.94. The summed E-state index contributed by atoms with van der Waals surface area (Å²) in [6.45, 7) is 4.75. The van der Waals surface area contributed by atoms with Gasteiger partial charge in [-0.25, -0.2) is 0 Å². The minimum absolute atomic E-state index is 0.730. The molecule has 1 unspecified atom stereocenters. The van der Waals surface area contributed by atoms with Gasteiger partial charge in [0.1, 0.15) is 11.4 Å². The van der Waals surface area contributed by atoms with Crippen LogP contribution in [0, 0.1) is 0 Å². The van der Waals surface area contributed by atoms with Crippen molar-refractivity contribution in [1.82, 2.24) is 0 Å². The third-order valence-electron chi connectivity index (χ3n) is 2.50. The first kappa shape index (κ1) is 10.6. The molecule has 1 aliphatic rings. The summed E-state index contributed by atoms with van der Waals surface area (Å²) in [6, 6.07) is 0. The molecule has 0 spiro atoms. The molecule has 0 aliphatic carbocycles. The van der Waals surface area contributed by atoms with Crippen LogP contribution in [0.5, 0.6) is 0 Å². The van der Waals surface area contributed by atoms with Crippen LogP contribution in [0.3, 0.4) is 0 Å². The van der Waals surface area contributed by atoms with Gasteiger partial charge in [-0.05, 0) is 19.4 Å². The second-order valence-corrected chi connectivity index (χ2v) is 3.94. The zero-order valence-corrected chi connectivity index (χ0v) is 8.68. The molecule has 0 aromatic heterocycles. The van der Waals surface area contributed by atoms with E-state index >= 15 is 0 Å².